The van der Waals surface area contributed by atoms with Crippen molar-refractivity contribution >= 4 is 35.4 Å². The number of ether oxygens (including phenoxy) is 1. The molecule has 0 bridgehead atoms. The van der Waals surface area contributed by atoms with Gasteiger partial charge in [0.1, 0.15) is 17.7 Å². The SMILES string of the molecule is CSCCC(NC(=O)OC(C)(C)C)C(=O)N(C(C)C)C(C(=O)Nc1c(C)cccc1C)c1ccccc1. The van der Waals surface area contributed by atoms with Crippen molar-refractivity contribution in [3.63, 3.8) is 0 Å². The molecule has 202 valence electrons. The van der Waals surface area contributed by atoms with Crippen LogP contribution in [0.2, 0.25) is 0 Å². The number of nitrogens with one attached hydrogen (secondary N) is 2. The van der Waals surface area contributed by atoms with Crippen LogP contribution in [0.4, 0.5) is 10.5 Å². The van der Waals surface area contributed by atoms with Gasteiger partial charge in [-0.1, -0.05) is 48.5 Å². The van der Waals surface area contributed by atoms with Crippen LogP contribution in [0.1, 0.15) is 63.8 Å². The van der Waals surface area contributed by atoms with E-state index in [4.69, 9.17) is 4.74 Å². The molecule has 0 aliphatic rings. The maximum absolute atomic E-state index is 14.1. The number of rotatable bonds is 10. The predicted molar refractivity (Wildman–Crippen MR) is 152 cm³/mol. The Hall–Kier alpha value is -3.00. The van der Waals surface area contributed by atoms with Crippen molar-refractivity contribution in [2.24, 2.45) is 0 Å². The minimum absolute atomic E-state index is 0.313. The monoisotopic (exact) mass is 527 g/mol. The average molecular weight is 528 g/mol. The molecule has 37 heavy (non-hydrogen) atoms. The van der Waals surface area contributed by atoms with E-state index in [1.54, 1.807) is 37.4 Å². The van der Waals surface area contributed by atoms with Gasteiger partial charge in [-0.3, -0.25) is 9.59 Å². The first kappa shape index (κ1) is 30.2. The maximum Gasteiger partial charge on any atom is 0.408 e. The van der Waals surface area contributed by atoms with E-state index in [1.807, 2.05) is 82.5 Å². The van der Waals surface area contributed by atoms with Crippen molar-refractivity contribution in [2.45, 2.75) is 78.6 Å². The number of benzene rings is 2. The molecule has 0 saturated heterocycles. The minimum Gasteiger partial charge on any atom is -0.444 e. The van der Waals surface area contributed by atoms with Gasteiger partial charge in [-0.2, -0.15) is 11.8 Å². The number of alkyl carbamates (subject to hydrolysis) is 1. The Kier molecular flexibility index (Phi) is 11.0. The van der Waals surface area contributed by atoms with E-state index in [2.05, 4.69) is 10.6 Å². The summed E-state index contributed by atoms with van der Waals surface area (Å²) in [6.45, 7) is 12.9. The van der Waals surface area contributed by atoms with Crippen molar-refractivity contribution in [2.75, 3.05) is 17.3 Å². The van der Waals surface area contributed by atoms with Crippen molar-refractivity contribution in [1.82, 2.24) is 10.2 Å². The minimum atomic E-state index is -0.898. The molecule has 0 aliphatic carbocycles. The molecule has 3 amide bonds. The van der Waals surface area contributed by atoms with Crippen LogP contribution in [-0.2, 0) is 14.3 Å². The Labute approximate surface area is 225 Å². The lowest BCUT2D eigenvalue weighted by Crippen LogP contribution is -2.54. The smallest absolute Gasteiger partial charge is 0.408 e. The largest absolute Gasteiger partial charge is 0.444 e. The first-order chi connectivity index (χ1) is 17.4. The standard InChI is InChI=1S/C29H41N3O4S/c1-19(2)32(27(34)23(17-18-37-8)30-28(35)36-29(5,6)7)25(22-15-10-9-11-16-22)26(33)31-24-20(3)13-12-14-21(24)4/h9-16,19,23,25H,17-18H2,1-8H3,(H,30,35)(H,31,33). The molecule has 2 N–H and O–H groups in total. The van der Waals surface area contributed by atoms with Crippen molar-refractivity contribution < 1.29 is 19.1 Å². The van der Waals surface area contributed by atoms with E-state index in [0.717, 1.165) is 16.8 Å². The molecule has 0 fully saturated rings. The highest BCUT2D eigenvalue weighted by Gasteiger charge is 2.37. The first-order valence-corrected chi connectivity index (χ1v) is 14.0. The Balaban J connectivity index is 2.49. The Morgan fingerprint density at radius 1 is 0.973 bits per heavy atom. The first-order valence-electron chi connectivity index (χ1n) is 12.6. The normalized spacial score (nSPS) is 13.0. The van der Waals surface area contributed by atoms with Crippen LogP contribution in [0.15, 0.2) is 48.5 Å². The Morgan fingerprint density at radius 2 is 1.57 bits per heavy atom. The number of amides is 3. The summed E-state index contributed by atoms with van der Waals surface area (Å²) < 4.78 is 5.43. The van der Waals surface area contributed by atoms with Gasteiger partial charge >= 0.3 is 6.09 Å². The molecule has 0 aromatic heterocycles. The fourth-order valence-electron chi connectivity index (χ4n) is 4.08. The summed E-state index contributed by atoms with van der Waals surface area (Å²) in [4.78, 5) is 42.2. The van der Waals surface area contributed by atoms with Gasteiger partial charge in [-0.05, 0) is 83.6 Å². The number of hydrogen-bond acceptors (Lipinski definition) is 5. The van der Waals surface area contributed by atoms with Gasteiger partial charge in [0, 0.05) is 11.7 Å². The quantitative estimate of drug-likeness (QED) is 0.404. The summed E-state index contributed by atoms with van der Waals surface area (Å²) in [6.07, 6.45) is 1.69. The lowest BCUT2D eigenvalue weighted by molar-refractivity contribution is -0.143. The number of para-hydroxylation sites is 1. The van der Waals surface area contributed by atoms with E-state index < -0.39 is 23.8 Å². The van der Waals surface area contributed by atoms with Gasteiger partial charge in [0.05, 0.1) is 0 Å². The third kappa shape index (κ3) is 8.81. The molecule has 8 heteroatoms. The van der Waals surface area contributed by atoms with Crippen LogP contribution >= 0.6 is 11.8 Å². The number of nitrogens with zero attached hydrogens (tertiary/aromatic N) is 1. The number of aryl methyl sites for hydroxylation is 2. The van der Waals surface area contributed by atoms with Crippen LogP contribution in [-0.4, -0.2) is 52.5 Å². The zero-order valence-electron chi connectivity index (χ0n) is 23.3. The topological polar surface area (TPSA) is 87.7 Å². The van der Waals surface area contributed by atoms with E-state index in [1.165, 1.54) is 0 Å². The zero-order chi connectivity index (χ0) is 27.8. The van der Waals surface area contributed by atoms with Crippen LogP contribution in [0.25, 0.3) is 0 Å². The van der Waals surface area contributed by atoms with Gasteiger partial charge in [-0.25, -0.2) is 4.79 Å². The number of carbonyl (C=O) groups excluding carboxylic acids is 3. The zero-order valence-corrected chi connectivity index (χ0v) is 24.1. The summed E-state index contributed by atoms with van der Waals surface area (Å²) >= 11 is 1.58. The second kappa shape index (κ2) is 13.5. The maximum atomic E-state index is 14.1. The molecule has 7 nitrogen and oxygen atoms in total. The van der Waals surface area contributed by atoms with Crippen LogP contribution in [0, 0.1) is 13.8 Å². The third-order valence-electron chi connectivity index (χ3n) is 5.78. The lowest BCUT2D eigenvalue weighted by Gasteiger charge is -2.37. The van der Waals surface area contributed by atoms with Gasteiger partial charge in [-0.15, -0.1) is 0 Å². The number of thioether (sulfide) groups is 1. The molecule has 0 radical (unpaired) electrons. The van der Waals surface area contributed by atoms with E-state index in [9.17, 15) is 14.4 Å². The highest BCUT2D eigenvalue weighted by Crippen LogP contribution is 2.28. The van der Waals surface area contributed by atoms with Crippen molar-refractivity contribution in [3.8, 4) is 0 Å². The van der Waals surface area contributed by atoms with Crippen LogP contribution in [0.3, 0.4) is 0 Å². The third-order valence-corrected chi connectivity index (χ3v) is 6.43. The average Bonchev–Trinajstić information content (AvgIpc) is 2.81. The molecule has 2 atom stereocenters. The second-order valence-electron chi connectivity index (χ2n) is 10.4. The fourth-order valence-corrected chi connectivity index (χ4v) is 4.55. The molecular weight excluding hydrogens is 486 g/mol. The summed E-state index contributed by atoms with van der Waals surface area (Å²) in [5, 5.41) is 5.83. The summed E-state index contributed by atoms with van der Waals surface area (Å²) in [5.74, 6) is 0.00916. The number of carbonyl (C=O) groups is 3. The fraction of sp³-hybridized carbons (Fsp3) is 0.483. The Morgan fingerprint density at radius 3 is 2.08 bits per heavy atom. The molecule has 0 heterocycles. The highest BCUT2D eigenvalue weighted by molar-refractivity contribution is 7.98. The Bertz CT molecular complexity index is 1050. The van der Waals surface area contributed by atoms with E-state index in [-0.39, 0.29) is 17.9 Å². The number of hydrogen-bond donors (Lipinski definition) is 2. The molecule has 0 aliphatic heterocycles. The molecule has 2 unspecified atom stereocenters. The summed E-state index contributed by atoms with van der Waals surface area (Å²) in [5.41, 5.74) is 2.59. The molecular formula is C29H41N3O4S. The number of anilines is 1. The molecule has 0 saturated carbocycles. The van der Waals surface area contributed by atoms with Crippen LogP contribution in [0.5, 0.6) is 0 Å². The molecule has 0 spiro atoms. The molecule has 2 aromatic rings. The summed E-state index contributed by atoms with van der Waals surface area (Å²) in [7, 11) is 0. The van der Waals surface area contributed by atoms with E-state index in [0.29, 0.717) is 17.7 Å². The predicted octanol–water partition coefficient (Wildman–Crippen LogP) is 5.87. The molecule has 2 aromatic carbocycles. The van der Waals surface area contributed by atoms with E-state index >= 15 is 0 Å². The van der Waals surface area contributed by atoms with Crippen molar-refractivity contribution in [3.05, 3.63) is 65.2 Å². The van der Waals surface area contributed by atoms with Gasteiger partial charge < -0.3 is 20.3 Å². The van der Waals surface area contributed by atoms with Crippen LogP contribution < -0.4 is 10.6 Å². The second-order valence-corrected chi connectivity index (χ2v) is 11.4. The molecule has 2 rings (SSSR count). The van der Waals surface area contributed by atoms with Crippen molar-refractivity contribution in [1.29, 1.82) is 0 Å². The summed E-state index contributed by atoms with van der Waals surface area (Å²) in [6, 6.07) is 13.0. The van der Waals surface area contributed by atoms with Gasteiger partial charge in [0.2, 0.25) is 5.91 Å². The van der Waals surface area contributed by atoms with Gasteiger partial charge in [0.15, 0.2) is 0 Å². The lowest BCUT2D eigenvalue weighted by atomic mass is 10.00. The van der Waals surface area contributed by atoms with Gasteiger partial charge in [0.25, 0.3) is 5.91 Å². The highest BCUT2D eigenvalue weighted by atomic mass is 32.2.